The van der Waals surface area contributed by atoms with Crippen molar-refractivity contribution >= 4 is 22.5 Å². The standard InChI is InChI=1S/C15H22ClN2.HI/c1-11(2)18(3,4)8-7-12-10-17-15-6-5-13(16)9-14(12)15;/h5-6,9-11,17H,7-8H2,1-4H3;1H/q+1;/p-1. The van der Waals surface area contributed by atoms with E-state index in [1.165, 1.54) is 16.5 Å². The lowest BCUT2D eigenvalue weighted by Crippen LogP contribution is -3.00. The normalized spacial score (nSPS) is 11.9. The summed E-state index contributed by atoms with van der Waals surface area (Å²) in [6, 6.07) is 6.67. The van der Waals surface area contributed by atoms with Crippen LogP contribution in [0.25, 0.3) is 10.9 Å². The average molecular weight is 393 g/mol. The molecule has 1 heterocycles. The van der Waals surface area contributed by atoms with Crippen molar-refractivity contribution in [2.24, 2.45) is 0 Å². The number of H-pyrrole nitrogens is 1. The van der Waals surface area contributed by atoms with E-state index in [1.807, 2.05) is 12.1 Å². The molecular weight excluding hydrogens is 371 g/mol. The highest BCUT2D eigenvalue weighted by molar-refractivity contribution is 6.31. The second-order valence-electron chi connectivity index (χ2n) is 5.85. The van der Waals surface area contributed by atoms with Crippen LogP contribution in [0.15, 0.2) is 24.4 Å². The molecule has 0 bridgehead atoms. The summed E-state index contributed by atoms with van der Waals surface area (Å²) in [6.07, 6.45) is 3.19. The van der Waals surface area contributed by atoms with Gasteiger partial charge in [0.05, 0.1) is 26.7 Å². The third-order valence-electron chi connectivity index (χ3n) is 4.08. The van der Waals surface area contributed by atoms with Crippen LogP contribution in [0.4, 0.5) is 0 Å². The summed E-state index contributed by atoms with van der Waals surface area (Å²) in [5, 5.41) is 2.06. The van der Waals surface area contributed by atoms with Gasteiger partial charge in [0.25, 0.3) is 0 Å². The highest BCUT2D eigenvalue weighted by Crippen LogP contribution is 2.23. The van der Waals surface area contributed by atoms with E-state index in [2.05, 4.69) is 45.2 Å². The van der Waals surface area contributed by atoms with Crippen molar-refractivity contribution in [3.63, 3.8) is 0 Å². The molecule has 2 aromatic rings. The molecule has 1 aromatic heterocycles. The van der Waals surface area contributed by atoms with Gasteiger partial charge in [0, 0.05) is 28.5 Å². The molecule has 0 saturated carbocycles. The van der Waals surface area contributed by atoms with Crippen molar-refractivity contribution in [1.82, 2.24) is 4.98 Å². The second-order valence-corrected chi connectivity index (χ2v) is 6.29. The van der Waals surface area contributed by atoms with E-state index < -0.39 is 0 Å². The smallest absolute Gasteiger partial charge is 0.0829 e. The summed E-state index contributed by atoms with van der Waals surface area (Å²) in [4.78, 5) is 3.32. The molecule has 0 aliphatic heterocycles. The number of rotatable bonds is 4. The van der Waals surface area contributed by atoms with Gasteiger partial charge < -0.3 is 33.4 Å². The molecule has 19 heavy (non-hydrogen) atoms. The Morgan fingerprint density at radius 1 is 1.26 bits per heavy atom. The third-order valence-corrected chi connectivity index (χ3v) is 4.32. The number of hydrogen-bond acceptors (Lipinski definition) is 0. The summed E-state index contributed by atoms with van der Waals surface area (Å²) in [5.41, 5.74) is 2.53. The van der Waals surface area contributed by atoms with Crippen LogP contribution in [0.5, 0.6) is 0 Å². The van der Waals surface area contributed by atoms with Crippen LogP contribution < -0.4 is 24.0 Å². The van der Waals surface area contributed by atoms with Crippen LogP contribution >= 0.6 is 11.6 Å². The Bertz CT molecular complexity index is 546. The molecule has 2 rings (SSSR count). The second kappa shape index (κ2) is 6.46. The summed E-state index contributed by atoms with van der Waals surface area (Å²) >= 11 is 6.07. The van der Waals surface area contributed by atoms with Crippen molar-refractivity contribution in [1.29, 1.82) is 0 Å². The molecular formula is C15H22ClIN2. The highest BCUT2D eigenvalue weighted by atomic mass is 127. The monoisotopic (exact) mass is 392 g/mol. The predicted molar refractivity (Wildman–Crippen MR) is 79.1 cm³/mol. The molecule has 0 aliphatic carbocycles. The van der Waals surface area contributed by atoms with Crippen molar-refractivity contribution in [3.8, 4) is 0 Å². The zero-order valence-electron chi connectivity index (χ0n) is 12.0. The molecule has 1 N–H and O–H groups in total. The zero-order chi connectivity index (χ0) is 13.3. The molecule has 106 valence electrons. The van der Waals surface area contributed by atoms with Crippen LogP contribution in [0.2, 0.25) is 5.02 Å². The van der Waals surface area contributed by atoms with Crippen LogP contribution in [0.3, 0.4) is 0 Å². The first-order valence-corrected chi connectivity index (χ1v) is 6.86. The number of benzene rings is 1. The van der Waals surface area contributed by atoms with Crippen molar-refractivity contribution < 1.29 is 28.5 Å². The molecule has 2 nitrogen and oxygen atoms in total. The maximum atomic E-state index is 6.07. The number of likely N-dealkylation sites (N-methyl/N-ethyl adjacent to an activating group) is 1. The van der Waals surface area contributed by atoms with Gasteiger partial charge in [0.1, 0.15) is 0 Å². The number of quaternary nitrogens is 1. The van der Waals surface area contributed by atoms with Crippen LogP contribution in [0, 0.1) is 0 Å². The quantitative estimate of drug-likeness (QED) is 0.587. The molecule has 0 fully saturated rings. The zero-order valence-corrected chi connectivity index (χ0v) is 14.9. The molecule has 0 radical (unpaired) electrons. The largest absolute Gasteiger partial charge is 1.00 e. The van der Waals surface area contributed by atoms with Crippen LogP contribution in [-0.2, 0) is 6.42 Å². The maximum Gasteiger partial charge on any atom is 0.0829 e. The molecule has 0 unspecified atom stereocenters. The Morgan fingerprint density at radius 3 is 2.58 bits per heavy atom. The van der Waals surface area contributed by atoms with Gasteiger partial charge in [0.2, 0.25) is 0 Å². The maximum absolute atomic E-state index is 6.07. The summed E-state index contributed by atoms with van der Waals surface area (Å²) in [7, 11) is 4.57. The minimum atomic E-state index is 0. The van der Waals surface area contributed by atoms with Gasteiger partial charge in [-0.3, -0.25) is 0 Å². The Labute approximate surface area is 137 Å². The number of nitrogens with zero attached hydrogens (tertiary/aromatic N) is 1. The average Bonchev–Trinajstić information content (AvgIpc) is 2.68. The molecule has 0 spiro atoms. The van der Waals surface area contributed by atoms with Crippen LogP contribution in [0.1, 0.15) is 19.4 Å². The van der Waals surface area contributed by atoms with Gasteiger partial charge in [0.15, 0.2) is 0 Å². The number of hydrogen-bond donors (Lipinski definition) is 1. The van der Waals surface area contributed by atoms with Gasteiger partial charge in [-0.25, -0.2) is 0 Å². The fourth-order valence-electron chi connectivity index (χ4n) is 2.02. The topological polar surface area (TPSA) is 15.8 Å². The fraction of sp³-hybridized carbons (Fsp3) is 0.467. The Morgan fingerprint density at radius 2 is 1.95 bits per heavy atom. The third kappa shape index (κ3) is 3.86. The highest BCUT2D eigenvalue weighted by Gasteiger charge is 2.19. The van der Waals surface area contributed by atoms with Gasteiger partial charge >= 0.3 is 0 Å². The van der Waals surface area contributed by atoms with Gasteiger partial charge in [-0.15, -0.1) is 0 Å². The first-order chi connectivity index (χ1) is 8.40. The van der Waals surface area contributed by atoms with E-state index in [0.29, 0.717) is 6.04 Å². The van der Waals surface area contributed by atoms with Crippen molar-refractivity contribution in [3.05, 3.63) is 35.0 Å². The SMILES string of the molecule is CC(C)[N+](C)(C)CCc1c[nH]c2ccc(Cl)cc12.[I-]. The number of aromatic nitrogens is 1. The lowest BCUT2D eigenvalue weighted by atomic mass is 10.1. The molecule has 4 heteroatoms. The Hall–Kier alpha value is -0.260. The fourth-order valence-corrected chi connectivity index (χ4v) is 2.20. The molecule has 0 saturated heterocycles. The Balaban J connectivity index is 0.00000180. The lowest BCUT2D eigenvalue weighted by molar-refractivity contribution is -0.910. The number of halogens is 2. The van der Waals surface area contributed by atoms with Crippen LogP contribution in [-0.4, -0.2) is 36.1 Å². The van der Waals surface area contributed by atoms with E-state index in [1.54, 1.807) is 0 Å². The van der Waals surface area contributed by atoms with Gasteiger partial charge in [-0.2, -0.15) is 0 Å². The molecule has 0 atom stereocenters. The Kier molecular flexibility index (Phi) is 5.71. The predicted octanol–water partition coefficient (Wildman–Crippen LogP) is 0.853. The van der Waals surface area contributed by atoms with E-state index in [0.717, 1.165) is 22.5 Å². The molecule has 0 amide bonds. The first kappa shape index (κ1) is 16.8. The molecule has 0 aliphatic rings. The number of fused-ring (bicyclic) bond motifs is 1. The van der Waals surface area contributed by atoms with E-state index >= 15 is 0 Å². The minimum absolute atomic E-state index is 0. The number of nitrogens with one attached hydrogen (secondary N) is 1. The van der Waals surface area contributed by atoms with Crippen molar-refractivity contribution in [2.75, 3.05) is 20.6 Å². The molecule has 1 aromatic carbocycles. The van der Waals surface area contributed by atoms with E-state index in [9.17, 15) is 0 Å². The van der Waals surface area contributed by atoms with Gasteiger partial charge in [-0.05, 0) is 37.6 Å². The summed E-state index contributed by atoms with van der Waals surface area (Å²) < 4.78 is 1.03. The summed E-state index contributed by atoms with van der Waals surface area (Å²) in [5.74, 6) is 0. The lowest BCUT2D eigenvalue weighted by Gasteiger charge is -2.34. The van der Waals surface area contributed by atoms with E-state index in [4.69, 9.17) is 11.6 Å². The first-order valence-electron chi connectivity index (χ1n) is 6.48. The van der Waals surface area contributed by atoms with Gasteiger partial charge in [-0.1, -0.05) is 11.6 Å². The summed E-state index contributed by atoms with van der Waals surface area (Å²) in [6.45, 7) is 5.68. The minimum Gasteiger partial charge on any atom is -1.00 e. The van der Waals surface area contributed by atoms with E-state index in [-0.39, 0.29) is 24.0 Å². The number of aromatic amines is 1. The van der Waals surface area contributed by atoms with Crippen molar-refractivity contribution in [2.45, 2.75) is 26.3 Å².